The summed E-state index contributed by atoms with van der Waals surface area (Å²) in [6.45, 7) is 3.55. The summed E-state index contributed by atoms with van der Waals surface area (Å²) in [5.74, 6) is 0.183. The van der Waals surface area contributed by atoms with E-state index in [2.05, 4.69) is 17.6 Å². The first-order chi connectivity index (χ1) is 13.2. The van der Waals surface area contributed by atoms with Crippen molar-refractivity contribution in [2.45, 2.75) is 26.2 Å². The number of rotatable bonds is 10. The molecule has 0 unspecified atom stereocenters. The van der Waals surface area contributed by atoms with Crippen molar-refractivity contribution < 1.29 is 14.3 Å². The number of hydrogen-bond donors (Lipinski definition) is 3. The van der Waals surface area contributed by atoms with Gasteiger partial charge in [0, 0.05) is 18.7 Å². The molecule has 27 heavy (non-hydrogen) atoms. The molecule has 0 atom stereocenters. The maximum Gasteiger partial charge on any atom is 0.255 e. The fraction of sp³-hybridized carbons (Fsp3) is 0.333. The van der Waals surface area contributed by atoms with Crippen molar-refractivity contribution in [3.8, 4) is 5.75 Å². The molecule has 0 aliphatic carbocycles. The Balaban J connectivity index is 2.00. The van der Waals surface area contributed by atoms with E-state index in [0.717, 1.165) is 25.0 Å². The second-order valence-corrected chi connectivity index (χ2v) is 6.12. The lowest BCUT2D eigenvalue weighted by Crippen LogP contribution is -2.30. The van der Waals surface area contributed by atoms with Gasteiger partial charge in [-0.25, -0.2) is 0 Å². The third-order valence-electron chi connectivity index (χ3n) is 3.98. The van der Waals surface area contributed by atoms with Crippen LogP contribution in [0.15, 0.2) is 48.5 Å². The molecule has 0 aliphatic heterocycles. The molecule has 0 fully saturated rings. The second-order valence-electron chi connectivity index (χ2n) is 6.12. The van der Waals surface area contributed by atoms with Gasteiger partial charge in [0.1, 0.15) is 5.75 Å². The summed E-state index contributed by atoms with van der Waals surface area (Å²) in [5, 5.41) is 5.50. The van der Waals surface area contributed by atoms with Crippen molar-refractivity contribution in [2.24, 2.45) is 5.73 Å². The minimum atomic E-state index is -0.286. The normalized spacial score (nSPS) is 10.3. The Hall–Kier alpha value is -2.86. The van der Waals surface area contributed by atoms with E-state index < -0.39 is 0 Å². The van der Waals surface area contributed by atoms with Crippen LogP contribution < -0.4 is 21.1 Å². The van der Waals surface area contributed by atoms with Crippen LogP contribution >= 0.6 is 0 Å². The summed E-state index contributed by atoms with van der Waals surface area (Å²) in [5.41, 5.74) is 6.76. The van der Waals surface area contributed by atoms with Gasteiger partial charge in [-0.3, -0.25) is 9.59 Å². The molecule has 2 rings (SSSR count). The predicted octanol–water partition coefficient (Wildman–Crippen LogP) is 3.20. The average Bonchev–Trinajstić information content (AvgIpc) is 2.70. The highest BCUT2D eigenvalue weighted by Gasteiger charge is 2.13. The van der Waals surface area contributed by atoms with Gasteiger partial charge in [0.25, 0.3) is 11.8 Å². The lowest BCUT2D eigenvalue weighted by atomic mass is 10.1. The Morgan fingerprint density at radius 1 is 1.00 bits per heavy atom. The molecule has 2 aromatic rings. The van der Waals surface area contributed by atoms with E-state index in [-0.39, 0.29) is 11.8 Å². The third kappa shape index (κ3) is 6.42. The maximum atomic E-state index is 12.5. The molecule has 0 aromatic heterocycles. The van der Waals surface area contributed by atoms with E-state index >= 15 is 0 Å². The van der Waals surface area contributed by atoms with E-state index in [1.165, 1.54) is 0 Å². The van der Waals surface area contributed by atoms with Crippen LogP contribution in [0.3, 0.4) is 0 Å². The summed E-state index contributed by atoms with van der Waals surface area (Å²) in [7, 11) is 0. The van der Waals surface area contributed by atoms with Gasteiger partial charge in [-0.15, -0.1) is 0 Å². The van der Waals surface area contributed by atoms with E-state index in [4.69, 9.17) is 10.5 Å². The van der Waals surface area contributed by atoms with Crippen LogP contribution in [0, 0.1) is 0 Å². The molecule has 0 radical (unpaired) electrons. The van der Waals surface area contributed by atoms with Crippen molar-refractivity contribution in [2.75, 3.05) is 25.0 Å². The maximum absolute atomic E-state index is 12.5. The molecule has 0 heterocycles. The van der Waals surface area contributed by atoms with Crippen LogP contribution in [0.2, 0.25) is 0 Å². The molecule has 0 spiro atoms. The Labute approximate surface area is 160 Å². The number of para-hydroxylation sites is 1. The topological polar surface area (TPSA) is 93.4 Å². The SMILES string of the molecule is CCCCCOc1ccc(C(=O)Nc2ccccc2C(=O)NCCN)cc1. The fourth-order valence-electron chi connectivity index (χ4n) is 2.51. The van der Waals surface area contributed by atoms with Gasteiger partial charge in [0.05, 0.1) is 17.9 Å². The van der Waals surface area contributed by atoms with Crippen LogP contribution in [-0.4, -0.2) is 31.5 Å². The summed E-state index contributed by atoms with van der Waals surface area (Å²) in [6.07, 6.45) is 3.30. The highest BCUT2D eigenvalue weighted by atomic mass is 16.5. The van der Waals surface area contributed by atoms with Gasteiger partial charge >= 0.3 is 0 Å². The van der Waals surface area contributed by atoms with Crippen LogP contribution in [0.25, 0.3) is 0 Å². The summed E-state index contributed by atoms with van der Waals surface area (Å²) in [4.78, 5) is 24.7. The monoisotopic (exact) mass is 369 g/mol. The smallest absolute Gasteiger partial charge is 0.255 e. The lowest BCUT2D eigenvalue weighted by Gasteiger charge is -2.11. The first kappa shape index (κ1) is 20.5. The Bertz CT molecular complexity index is 745. The molecule has 2 amide bonds. The van der Waals surface area contributed by atoms with Gasteiger partial charge in [-0.2, -0.15) is 0 Å². The van der Waals surface area contributed by atoms with Crippen molar-refractivity contribution in [3.05, 3.63) is 59.7 Å². The number of hydrogen-bond acceptors (Lipinski definition) is 4. The van der Waals surface area contributed by atoms with Crippen molar-refractivity contribution in [1.29, 1.82) is 0 Å². The predicted molar refractivity (Wildman–Crippen MR) is 107 cm³/mol. The average molecular weight is 369 g/mol. The molecule has 0 saturated carbocycles. The van der Waals surface area contributed by atoms with Gasteiger partial charge in [-0.1, -0.05) is 31.9 Å². The molecule has 2 aromatic carbocycles. The highest BCUT2D eigenvalue weighted by Crippen LogP contribution is 2.18. The second kappa shape index (κ2) is 11.0. The first-order valence-electron chi connectivity index (χ1n) is 9.27. The van der Waals surface area contributed by atoms with E-state index in [1.807, 2.05) is 0 Å². The Morgan fingerprint density at radius 3 is 2.44 bits per heavy atom. The molecule has 0 bridgehead atoms. The van der Waals surface area contributed by atoms with Crippen molar-refractivity contribution in [1.82, 2.24) is 5.32 Å². The summed E-state index contributed by atoms with van der Waals surface area (Å²) < 4.78 is 5.65. The molecule has 4 N–H and O–H groups in total. The minimum Gasteiger partial charge on any atom is -0.494 e. The highest BCUT2D eigenvalue weighted by molar-refractivity contribution is 6.09. The standard InChI is InChI=1S/C21H27N3O3/c1-2-3-6-15-27-17-11-9-16(10-12-17)20(25)24-19-8-5-4-7-18(19)21(26)23-14-13-22/h4-5,7-12H,2-3,6,13-15,22H2,1H3,(H,23,26)(H,24,25). The van der Waals surface area contributed by atoms with Crippen molar-refractivity contribution in [3.63, 3.8) is 0 Å². The minimum absolute atomic E-state index is 0.271. The number of anilines is 1. The fourth-order valence-corrected chi connectivity index (χ4v) is 2.51. The lowest BCUT2D eigenvalue weighted by molar-refractivity contribution is 0.0955. The zero-order chi connectivity index (χ0) is 19.5. The number of carbonyl (C=O) groups is 2. The third-order valence-corrected chi connectivity index (χ3v) is 3.98. The number of benzene rings is 2. The summed E-state index contributed by atoms with van der Waals surface area (Å²) in [6, 6.07) is 13.8. The number of ether oxygens (including phenoxy) is 1. The first-order valence-corrected chi connectivity index (χ1v) is 9.27. The Morgan fingerprint density at radius 2 is 1.74 bits per heavy atom. The summed E-state index contributed by atoms with van der Waals surface area (Å²) >= 11 is 0. The quantitative estimate of drug-likeness (QED) is 0.561. The molecular formula is C21H27N3O3. The number of nitrogens with two attached hydrogens (primary N) is 1. The molecule has 6 heteroatoms. The number of unbranched alkanes of at least 4 members (excludes halogenated alkanes) is 2. The van der Waals surface area contributed by atoms with Crippen LogP contribution in [-0.2, 0) is 0 Å². The Kier molecular flexibility index (Phi) is 8.32. The van der Waals surface area contributed by atoms with E-state index in [0.29, 0.717) is 36.5 Å². The van der Waals surface area contributed by atoms with Crippen molar-refractivity contribution >= 4 is 17.5 Å². The zero-order valence-electron chi connectivity index (χ0n) is 15.7. The largest absolute Gasteiger partial charge is 0.494 e. The molecule has 144 valence electrons. The van der Waals surface area contributed by atoms with Crippen LogP contribution in [0.4, 0.5) is 5.69 Å². The van der Waals surface area contributed by atoms with Crippen LogP contribution in [0.1, 0.15) is 46.9 Å². The van der Waals surface area contributed by atoms with Gasteiger partial charge in [0.15, 0.2) is 0 Å². The zero-order valence-corrected chi connectivity index (χ0v) is 15.7. The molecular weight excluding hydrogens is 342 g/mol. The van der Waals surface area contributed by atoms with Gasteiger partial charge in [0.2, 0.25) is 0 Å². The number of amides is 2. The molecule has 0 aliphatic rings. The van der Waals surface area contributed by atoms with Gasteiger partial charge in [-0.05, 0) is 42.8 Å². The van der Waals surface area contributed by atoms with E-state index in [1.54, 1.807) is 48.5 Å². The number of nitrogens with one attached hydrogen (secondary N) is 2. The molecule has 0 saturated heterocycles. The van der Waals surface area contributed by atoms with E-state index in [9.17, 15) is 9.59 Å². The van der Waals surface area contributed by atoms with Gasteiger partial charge < -0.3 is 21.1 Å². The number of carbonyl (C=O) groups excluding carboxylic acids is 2. The van der Waals surface area contributed by atoms with Crippen LogP contribution in [0.5, 0.6) is 5.75 Å². The molecule has 6 nitrogen and oxygen atoms in total.